The number of rotatable bonds is 4. The van der Waals surface area contributed by atoms with Crippen molar-refractivity contribution in [3.8, 4) is 11.5 Å². The molecule has 2 aromatic carbocycles. The summed E-state index contributed by atoms with van der Waals surface area (Å²) in [4.78, 5) is 31.8. The van der Waals surface area contributed by atoms with Gasteiger partial charge in [0.15, 0.2) is 16.3 Å². The molecule has 0 spiro atoms. The van der Waals surface area contributed by atoms with Gasteiger partial charge in [0.25, 0.3) is 5.56 Å². The zero-order valence-corrected chi connectivity index (χ0v) is 20.3. The monoisotopic (exact) mass is 496 g/mol. The number of carbonyl (C=O) groups excluding carboxylic acids is 1. The second-order valence-electron chi connectivity index (χ2n) is 8.20. The molecule has 0 aliphatic carbocycles. The third kappa shape index (κ3) is 4.03. The number of benzene rings is 2. The number of ether oxygens (including phenoxy) is 3. The average molecular weight is 497 g/mol. The Balaban J connectivity index is 1.68. The summed E-state index contributed by atoms with van der Waals surface area (Å²) in [5.41, 5.74) is 2.14. The van der Waals surface area contributed by atoms with Crippen molar-refractivity contribution in [2.24, 2.45) is 4.99 Å². The summed E-state index contributed by atoms with van der Waals surface area (Å²) in [6.45, 7) is 5.50. The van der Waals surface area contributed by atoms with Gasteiger partial charge in [0.05, 0.1) is 27.9 Å². The van der Waals surface area contributed by atoms with E-state index in [1.165, 1.54) is 11.3 Å². The molecule has 0 amide bonds. The maximum atomic E-state index is 13.6. The highest BCUT2D eigenvalue weighted by Crippen LogP contribution is 2.33. The normalized spacial score (nSPS) is 17.1. The highest BCUT2D eigenvalue weighted by Gasteiger charge is 2.33. The number of esters is 1. The van der Waals surface area contributed by atoms with E-state index >= 15 is 0 Å². The van der Waals surface area contributed by atoms with Crippen molar-refractivity contribution in [2.45, 2.75) is 32.9 Å². The van der Waals surface area contributed by atoms with Crippen LogP contribution in [0.25, 0.3) is 6.08 Å². The van der Waals surface area contributed by atoms with Gasteiger partial charge in [0.2, 0.25) is 6.79 Å². The lowest BCUT2D eigenvalue weighted by atomic mass is 9.96. The predicted octanol–water partition coefficient (Wildman–Crippen LogP) is 3.57. The van der Waals surface area contributed by atoms with E-state index in [9.17, 15) is 9.59 Å². The minimum Gasteiger partial charge on any atom is -0.459 e. The van der Waals surface area contributed by atoms with Crippen LogP contribution in [0.2, 0.25) is 5.02 Å². The second kappa shape index (κ2) is 8.77. The molecule has 3 heterocycles. The minimum atomic E-state index is -0.682. The van der Waals surface area contributed by atoms with E-state index in [4.69, 9.17) is 25.8 Å². The average Bonchev–Trinajstić information content (AvgIpc) is 3.37. The predicted molar refractivity (Wildman–Crippen MR) is 129 cm³/mol. The third-order valence-corrected chi connectivity index (χ3v) is 6.70. The first-order valence-electron chi connectivity index (χ1n) is 10.7. The van der Waals surface area contributed by atoms with Crippen molar-refractivity contribution in [1.29, 1.82) is 0 Å². The molecule has 0 saturated heterocycles. The molecule has 2 aliphatic rings. The Bertz CT molecular complexity index is 1500. The van der Waals surface area contributed by atoms with Crippen LogP contribution in [0.1, 0.15) is 37.9 Å². The quantitative estimate of drug-likeness (QED) is 0.516. The lowest BCUT2D eigenvalue weighted by Crippen LogP contribution is -2.40. The van der Waals surface area contributed by atoms with Crippen LogP contribution in [-0.4, -0.2) is 23.4 Å². The molecule has 2 aliphatic heterocycles. The number of fused-ring (bicyclic) bond motifs is 2. The van der Waals surface area contributed by atoms with Crippen LogP contribution in [0.15, 0.2) is 63.5 Å². The van der Waals surface area contributed by atoms with Crippen LogP contribution in [0.4, 0.5) is 0 Å². The number of aromatic nitrogens is 1. The summed E-state index contributed by atoms with van der Waals surface area (Å²) < 4.78 is 18.4. The lowest BCUT2D eigenvalue weighted by Gasteiger charge is -2.25. The highest BCUT2D eigenvalue weighted by molar-refractivity contribution is 7.07. The zero-order valence-electron chi connectivity index (χ0n) is 18.7. The first-order chi connectivity index (χ1) is 16.3. The summed E-state index contributed by atoms with van der Waals surface area (Å²) in [5.74, 6) is 0.807. The van der Waals surface area contributed by atoms with Gasteiger partial charge in [-0.2, -0.15) is 0 Å². The van der Waals surface area contributed by atoms with E-state index in [0.717, 1.165) is 11.1 Å². The Morgan fingerprint density at radius 2 is 1.94 bits per heavy atom. The lowest BCUT2D eigenvalue weighted by molar-refractivity contribution is -0.143. The largest absolute Gasteiger partial charge is 0.459 e. The van der Waals surface area contributed by atoms with E-state index in [1.54, 1.807) is 43.5 Å². The minimum absolute atomic E-state index is 0.177. The number of hydrogen-bond acceptors (Lipinski definition) is 7. The molecular formula is C25H21ClN2O5S. The Hall–Kier alpha value is -3.36. The molecule has 0 saturated carbocycles. The van der Waals surface area contributed by atoms with Gasteiger partial charge in [0.1, 0.15) is 0 Å². The molecule has 1 aromatic heterocycles. The molecule has 0 radical (unpaired) electrons. The smallest absolute Gasteiger partial charge is 0.338 e. The molecule has 3 aromatic rings. The summed E-state index contributed by atoms with van der Waals surface area (Å²) in [5, 5.41) is 0.561. The number of allylic oxidation sites excluding steroid dienone is 1. The van der Waals surface area contributed by atoms with Crippen LogP contribution in [0.3, 0.4) is 0 Å². The number of thiazole rings is 1. The van der Waals surface area contributed by atoms with Gasteiger partial charge in [-0.3, -0.25) is 9.36 Å². The van der Waals surface area contributed by atoms with Crippen molar-refractivity contribution >= 4 is 35.0 Å². The van der Waals surface area contributed by atoms with Crippen LogP contribution < -0.4 is 24.4 Å². The molecule has 174 valence electrons. The number of halogens is 1. The highest BCUT2D eigenvalue weighted by atomic mass is 35.5. The Labute approximate surface area is 204 Å². The van der Waals surface area contributed by atoms with Gasteiger partial charge >= 0.3 is 5.97 Å². The van der Waals surface area contributed by atoms with Crippen molar-refractivity contribution in [1.82, 2.24) is 4.57 Å². The maximum Gasteiger partial charge on any atom is 0.338 e. The van der Waals surface area contributed by atoms with E-state index in [0.29, 0.717) is 37.1 Å². The van der Waals surface area contributed by atoms with Crippen molar-refractivity contribution in [3.63, 3.8) is 0 Å². The van der Waals surface area contributed by atoms with E-state index in [1.807, 2.05) is 30.3 Å². The van der Waals surface area contributed by atoms with Gasteiger partial charge in [-0.15, -0.1) is 0 Å². The second-order valence-corrected chi connectivity index (χ2v) is 9.65. The van der Waals surface area contributed by atoms with E-state index < -0.39 is 12.0 Å². The molecule has 0 fully saturated rings. The van der Waals surface area contributed by atoms with E-state index in [2.05, 4.69) is 4.99 Å². The Morgan fingerprint density at radius 1 is 1.21 bits per heavy atom. The number of carbonyl (C=O) groups is 1. The third-order valence-electron chi connectivity index (χ3n) is 5.46. The summed E-state index contributed by atoms with van der Waals surface area (Å²) >= 11 is 7.37. The van der Waals surface area contributed by atoms with Crippen LogP contribution >= 0.6 is 22.9 Å². The molecule has 0 bridgehead atoms. The van der Waals surface area contributed by atoms with Gasteiger partial charge in [0, 0.05) is 5.02 Å². The van der Waals surface area contributed by atoms with Gasteiger partial charge in [-0.25, -0.2) is 9.79 Å². The molecule has 7 nitrogen and oxygen atoms in total. The summed E-state index contributed by atoms with van der Waals surface area (Å²) in [6.07, 6.45) is 1.48. The fourth-order valence-corrected chi connectivity index (χ4v) is 5.15. The van der Waals surface area contributed by atoms with Gasteiger partial charge in [-0.05, 0) is 62.2 Å². The van der Waals surface area contributed by atoms with E-state index in [-0.39, 0.29) is 18.5 Å². The van der Waals surface area contributed by atoms with Crippen molar-refractivity contribution in [2.75, 3.05) is 6.79 Å². The van der Waals surface area contributed by atoms with Gasteiger partial charge < -0.3 is 14.2 Å². The standard InChI is InChI=1S/C25H21ClN2O5S/c1-13(2)33-24(30)21-14(3)27-25-28(22(21)16-5-7-17(26)8-6-16)23(29)20(34-25)11-15-4-9-18-19(10-15)32-12-31-18/h4-11,13,22H,12H2,1-3H3/t22-/m1/s1. The topological polar surface area (TPSA) is 79.1 Å². The first-order valence-corrected chi connectivity index (χ1v) is 11.9. The van der Waals surface area contributed by atoms with Crippen molar-refractivity contribution < 1.29 is 19.0 Å². The molecule has 1 atom stereocenters. The first kappa shape index (κ1) is 22.4. The number of nitrogens with zero attached hydrogens (tertiary/aromatic N) is 2. The Kier molecular flexibility index (Phi) is 5.79. The van der Waals surface area contributed by atoms with Crippen LogP contribution in [0, 0.1) is 0 Å². The molecule has 0 N–H and O–H groups in total. The molecule has 5 rings (SSSR count). The number of hydrogen-bond donors (Lipinski definition) is 0. The van der Waals surface area contributed by atoms with Crippen LogP contribution in [-0.2, 0) is 9.53 Å². The Morgan fingerprint density at radius 3 is 2.68 bits per heavy atom. The summed E-state index contributed by atoms with van der Waals surface area (Å²) in [7, 11) is 0. The molecule has 0 unspecified atom stereocenters. The zero-order chi connectivity index (χ0) is 24.0. The van der Waals surface area contributed by atoms with Crippen LogP contribution in [0.5, 0.6) is 11.5 Å². The molecular weight excluding hydrogens is 476 g/mol. The maximum absolute atomic E-state index is 13.6. The fourth-order valence-electron chi connectivity index (χ4n) is 3.97. The van der Waals surface area contributed by atoms with Gasteiger partial charge in [-0.1, -0.05) is 41.1 Å². The summed E-state index contributed by atoms with van der Waals surface area (Å²) in [6, 6.07) is 11.9. The van der Waals surface area contributed by atoms with Crippen molar-refractivity contribution in [3.05, 3.63) is 89.6 Å². The molecule has 9 heteroatoms. The molecule has 34 heavy (non-hydrogen) atoms. The SMILES string of the molecule is CC1=C(C(=O)OC(C)C)[C@@H](c2ccc(Cl)cc2)n2c(sc(=Cc3ccc4c(c3)OCO4)c2=O)=N1. The fraction of sp³-hybridized carbons (Fsp3) is 0.240.